The fraction of sp³-hybridized carbons (Fsp3) is 0.310. The predicted molar refractivity (Wildman–Crippen MR) is 140 cm³/mol. The van der Waals surface area contributed by atoms with E-state index < -0.39 is 0 Å². The molecule has 2 aliphatic rings. The Kier molecular flexibility index (Phi) is 6.89. The molecular weight excluding hydrogens is 455 g/mol. The van der Waals surface area contributed by atoms with Crippen LogP contribution in [0.3, 0.4) is 0 Å². The molecule has 5 rings (SSSR count). The van der Waals surface area contributed by atoms with Gasteiger partial charge in [-0.15, -0.1) is 0 Å². The van der Waals surface area contributed by atoms with E-state index in [4.69, 9.17) is 0 Å². The van der Waals surface area contributed by atoms with Gasteiger partial charge in [-0.05, 0) is 73.0 Å². The van der Waals surface area contributed by atoms with E-state index in [1.54, 1.807) is 17.0 Å². The Bertz CT molecular complexity index is 1220. The number of amides is 3. The molecule has 0 unspecified atom stereocenters. The monoisotopic (exact) mass is 486 g/mol. The number of hydrogen-bond acceptors (Lipinski definition) is 3. The minimum atomic E-state index is -0.249. The highest BCUT2D eigenvalue weighted by atomic mass is 19.1. The average molecular weight is 487 g/mol. The highest BCUT2D eigenvalue weighted by molar-refractivity contribution is 5.96. The lowest BCUT2D eigenvalue weighted by Gasteiger charge is -2.37. The summed E-state index contributed by atoms with van der Waals surface area (Å²) in [4.78, 5) is 34.0. The van der Waals surface area contributed by atoms with Crippen molar-refractivity contribution in [1.29, 1.82) is 0 Å². The number of urea groups is 1. The van der Waals surface area contributed by atoms with E-state index in [-0.39, 0.29) is 17.8 Å². The first kappa shape index (κ1) is 23.9. The Balaban J connectivity index is 1.20. The summed E-state index contributed by atoms with van der Waals surface area (Å²) in [6, 6.07) is 22.0. The number of rotatable bonds is 5. The van der Waals surface area contributed by atoms with Gasteiger partial charge in [0.1, 0.15) is 5.82 Å². The molecule has 186 valence electrons. The maximum atomic E-state index is 13.2. The smallest absolute Gasteiger partial charge is 0.324 e. The van der Waals surface area contributed by atoms with Gasteiger partial charge in [0, 0.05) is 62.8 Å². The van der Waals surface area contributed by atoms with Gasteiger partial charge in [-0.2, -0.15) is 0 Å². The number of aryl methyl sites for hydroxylation is 1. The van der Waals surface area contributed by atoms with Crippen molar-refractivity contribution < 1.29 is 14.0 Å². The maximum absolute atomic E-state index is 13.2. The summed E-state index contributed by atoms with van der Waals surface area (Å²) in [6.07, 6.45) is 0.899. The van der Waals surface area contributed by atoms with Crippen LogP contribution in [0, 0.1) is 12.7 Å². The Morgan fingerprint density at radius 1 is 0.806 bits per heavy atom. The van der Waals surface area contributed by atoms with E-state index in [1.807, 2.05) is 46.2 Å². The lowest BCUT2D eigenvalue weighted by atomic mass is 10.1. The Labute approximate surface area is 211 Å². The first-order chi connectivity index (χ1) is 17.5. The summed E-state index contributed by atoms with van der Waals surface area (Å²) in [7, 11) is 0. The third kappa shape index (κ3) is 5.05. The van der Waals surface area contributed by atoms with Crippen molar-refractivity contribution in [3.63, 3.8) is 0 Å². The molecule has 0 aliphatic carbocycles. The van der Waals surface area contributed by atoms with E-state index in [9.17, 15) is 14.0 Å². The van der Waals surface area contributed by atoms with Gasteiger partial charge < -0.3 is 14.7 Å². The van der Waals surface area contributed by atoms with E-state index >= 15 is 0 Å². The molecule has 7 heteroatoms. The van der Waals surface area contributed by atoms with Crippen LogP contribution in [-0.2, 0) is 6.54 Å². The zero-order chi connectivity index (χ0) is 25.1. The summed E-state index contributed by atoms with van der Waals surface area (Å²) in [5.74, 6) is -0.257. The van der Waals surface area contributed by atoms with Crippen LogP contribution in [0.5, 0.6) is 0 Å². The predicted octanol–water partition coefficient (Wildman–Crippen LogP) is 4.93. The van der Waals surface area contributed by atoms with E-state index in [0.29, 0.717) is 44.8 Å². The number of piperazine rings is 1. The lowest BCUT2D eigenvalue weighted by molar-refractivity contribution is 0.0747. The van der Waals surface area contributed by atoms with Crippen LogP contribution >= 0.6 is 0 Å². The number of anilines is 2. The summed E-state index contributed by atoms with van der Waals surface area (Å²) in [5, 5.41) is 0. The molecule has 3 aromatic carbocycles. The van der Waals surface area contributed by atoms with Gasteiger partial charge in [-0.3, -0.25) is 9.69 Å². The second-order valence-electron chi connectivity index (χ2n) is 9.44. The highest BCUT2D eigenvalue weighted by Gasteiger charge is 2.28. The largest absolute Gasteiger partial charge is 0.368 e. The van der Waals surface area contributed by atoms with Crippen molar-refractivity contribution in [3.05, 3.63) is 95.3 Å². The van der Waals surface area contributed by atoms with Crippen LogP contribution in [-0.4, -0.2) is 61.0 Å². The molecule has 0 saturated carbocycles. The maximum Gasteiger partial charge on any atom is 0.324 e. The van der Waals surface area contributed by atoms with Crippen LogP contribution in [0.1, 0.15) is 27.9 Å². The van der Waals surface area contributed by atoms with Crippen LogP contribution in [0.15, 0.2) is 72.8 Å². The Morgan fingerprint density at radius 2 is 1.47 bits per heavy atom. The lowest BCUT2D eigenvalue weighted by Crippen LogP contribution is -2.49. The third-order valence-corrected chi connectivity index (χ3v) is 7.12. The van der Waals surface area contributed by atoms with Crippen LogP contribution in [0.2, 0.25) is 0 Å². The van der Waals surface area contributed by atoms with Crippen LogP contribution < -0.4 is 9.80 Å². The standard InChI is InChI=1S/C29H31FN4O2/c1-22-5-2-3-6-24(22)21-33-15-4-16-34(29(33)36)27-11-7-23(8-12-27)28(35)32-19-17-31(18-20-32)26-13-9-25(30)10-14-26/h2-3,5-14H,4,15-21H2,1H3. The van der Waals surface area contributed by atoms with Crippen molar-refractivity contribution in [2.45, 2.75) is 19.9 Å². The molecule has 2 aliphatic heterocycles. The number of carbonyl (C=O) groups is 2. The van der Waals surface area contributed by atoms with Crippen molar-refractivity contribution in [1.82, 2.24) is 9.80 Å². The quantitative estimate of drug-likeness (QED) is 0.514. The number of nitrogens with zero attached hydrogens (tertiary/aromatic N) is 4. The van der Waals surface area contributed by atoms with Gasteiger partial charge in [0.15, 0.2) is 0 Å². The number of benzene rings is 3. The topological polar surface area (TPSA) is 47.1 Å². The molecule has 0 N–H and O–H groups in total. The normalized spacial score (nSPS) is 16.4. The Morgan fingerprint density at radius 3 is 2.17 bits per heavy atom. The number of hydrogen-bond donors (Lipinski definition) is 0. The van der Waals surface area contributed by atoms with Gasteiger partial charge >= 0.3 is 6.03 Å². The van der Waals surface area contributed by atoms with E-state index in [2.05, 4.69) is 24.0 Å². The molecule has 2 saturated heterocycles. The molecule has 0 spiro atoms. The minimum absolute atomic E-state index is 0.000458. The van der Waals surface area contributed by atoms with Crippen molar-refractivity contribution in [2.75, 3.05) is 49.1 Å². The summed E-state index contributed by atoms with van der Waals surface area (Å²) in [6.45, 7) is 6.70. The van der Waals surface area contributed by atoms with Gasteiger partial charge in [0.25, 0.3) is 5.91 Å². The summed E-state index contributed by atoms with van der Waals surface area (Å²) in [5.41, 5.74) is 4.75. The fourth-order valence-corrected chi connectivity index (χ4v) is 4.95. The van der Waals surface area contributed by atoms with Crippen LogP contribution in [0.25, 0.3) is 0 Å². The molecule has 0 aromatic heterocycles. The molecule has 0 bridgehead atoms. The van der Waals surface area contributed by atoms with E-state index in [1.165, 1.54) is 17.7 Å². The molecule has 0 radical (unpaired) electrons. The first-order valence-electron chi connectivity index (χ1n) is 12.5. The molecule has 3 aromatic rings. The zero-order valence-corrected chi connectivity index (χ0v) is 20.6. The molecule has 2 fully saturated rings. The molecule has 36 heavy (non-hydrogen) atoms. The van der Waals surface area contributed by atoms with Crippen molar-refractivity contribution in [2.24, 2.45) is 0 Å². The fourth-order valence-electron chi connectivity index (χ4n) is 4.95. The molecule has 0 atom stereocenters. The number of halogens is 1. The van der Waals surface area contributed by atoms with Gasteiger partial charge in [0.05, 0.1) is 0 Å². The average Bonchev–Trinajstić information content (AvgIpc) is 2.91. The summed E-state index contributed by atoms with van der Waals surface area (Å²) >= 11 is 0. The number of carbonyl (C=O) groups excluding carboxylic acids is 2. The summed E-state index contributed by atoms with van der Waals surface area (Å²) < 4.78 is 13.2. The first-order valence-corrected chi connectivity index (χ1v) is 12.5. The second-order valence-corrected chi connectivity index (χ2v) is 9.44. The SMILES string of the molecule is Cc1ccccc1CN1CCCN(c2ccc(C(=O)N3CCN(c4ccc(F)cc4)CC3)cc2)C1=O. The van der Waals surface area contributed by atoms with Crippen molar-refractivity contribution >= 4 is 23.3 Å². The van der Waals surface area contributed by atoms with Gasteiger partial charge in [0.2, 0.25) is 0 Å². The molecular formula is C29H31FN4O2. The van der Waals surface area contributed by atoms with Crippen molar-refractivity contribution in [3.8, 4) is 0 Å². The van der Waals surface area contributed by atoms with Gasteiger partial charge in [-0.25, -0.2) is 9.18 Å². The van der Waals surface area contributed by atoms with Crippen LogP contribution in [0.4, 0.5) is 20.6 Å². The highest BCUT2D eigenvalue weighted by Crippen LogP contribution is 2.24. The Hall–Kier alpha value is -3.87. The van der Waals surface area contributed by atoms with Gasteiger partial charge in [-0.1, -0.05) is 24.3 Å². The zero-order valence-electron chi connectivity index (χ0n) is 20.6. The third-order valence-electron chi connectivity index (χ3n) is 7.12. The molecule has 2 heterocycles. The minimum Gasteiger partial charge on any atom is -0.368 e. The second kappa shape index (κ2) is 10.4. The molecule has 3 amide bonds. The van der Waals surface area contributed by atoms with E-state index in [0.717, 1.165) is 29.9 Å². The molecule has 6 nitrogen and oxygen atoms in total.